The predicted molar refractivity (Wildman–Crippen MR) is 76.4 cm³/mol. The van der Waals surface area contributed by atoms with Gasteiger partial charge < -0.3 is 10.2 Å². The van der Waals surface area contributed by atoms with E-state index < -0.39 is 0 Å². The second-order valence-electron chi connectivity index (χ2n) is 5.88. The van der Waals surface area contributed by atoms with Crippen LogP contribution in [0.5, 0.6) is 0 Å². The van der Waals surface area contributed by atoms with E-state index in [2.05, 4.69) is 38.0 Å². The van der Waals surface area contributed by atoms with Gasteiger partial charge in [-0.3, -0.25) is 0 Å². The zero-order valence-electron chi connectivity index (χ0n) is 12.4. The normalized spacial score (nSPS) is 22.6. The van der Waals surface area contributed by atoms with Gasteiger partial charge in [-0.25, -0.2) is 0 Å². The van der Waals surface area contributed by atoms with Gasteiger partial charge in [0.1, 0.15) is 0 Å². The molecule has 17 heavy (non-hydrogen) atoms. The summed E-state index contributed by atoms with van der Waals surface area (Å²) in [6, 6.07) is 0.671. The van der Waals surface area contributed by atoms with Gasteiger partial charge in [0.25, 0.3) is 0 Å². The quantitative estimate of drug-likeness (QED) is 0.735. The summed E-state index contributed by atoms with van der Waals surface area (Å²) >= 11 is 0. The molecule has 0 spiro atoms. The lowest BCUT2D eigenvalue weighted by Gasteiger charge is -2.41. The second kappa shape index (κ2) is 7.38. The average Bonchev–Trinajstić information content (AvgIpc) is 2.39. The van der Waals surface area contributed by atoms with E-state index in [9.17, 15) is 0 Å². The van der Waals surface area contributed by atoms with Crippen LogP contribution in [0.4, 0.5) is 0 Å². The number of nitrogens with one attached hydrogen (secondary N) is 1. The van der Waals surface area contributed by atoms with Crippen molar-refractivity contribution in [3.63, 3.8) is 0 Å². The Morgan fingerprint density at radius 3 is 2.24 bits per heavy atom. The summed E-state index contributed by atoms with van der Waals surface area (Å²) in [6.07, 6.45) is 8.22. The minimum Gasteiger partial charge on any atom is -0.317 e. The van der Waals surface area contributed by atoms with Gasteiger partial charge in [-0.15, -0.1) is 0 Å². The van der Waals surface area contributed by atoms with Crippen LogP contribution in [0.25, 0.3) is 0 Å². The smallest absolute Gasteiger partial charge is 0.00362 e. The molecule has 1 N–H and O–H groups in total. The first kappa shape index (κ1) is 15.0. The minimum absolute atomic E-state index is 0.671. The van der Waals surface area contributed by atoms with Crippen molar-refractivity contribution in [3.05, 3.63) is 0 Å². The number of hydrogen-bond donors (Lipinski definition) is 1. The monoisotopic (exact) mass is 240 g/mol. The maximum absolute atomic E-state index is 3.32. The summed E-state index contributed by atoms with van der Waals surface area (Å²) in [5, 5.41) is 3.32. The highest BCUT2D eigenvalue weighted by Gasteiger charge is 2.30. The molecule has 1 heterocycles. The van der Waals surface area contributed by atoms with Crippen LogP contribution < -0.4 is 5.32 Å². The van der Waals surface area contributed by atoms with Crippen molar-refractivity contribution in [3.8, 4) is 0 Å². The van der Waals surface area contributed by atoms with E-state index in [4.69, 9.17) is 0 Å². The molecule has 1 rings (SSSR count). The van der Waals surface area contributed by atoms with Crippen molar-refractivity contribution in [2.24, 2.45) is 5.41 Å². The molecular formula is C15H32N2. The van der Waals surface area contributed by atoms with E-state index in [1.165, 1.54) is 58.2 Å². The van der Waals surface area contributed by atoms with E-state index >= 15 is 0 Å². The Balaban J connectivity index is 2.19. The van der Waals surface area contributed by atoms with Crippen molar-refractivity contribution >= 4 is 0 Å². The van der Waals surface area contributed by atoms with Gasteiger partial charge in [0.05, 0.1) is 0 Å². The number of hydrogen-bond acceptors (Lipinski definition) is 2. The van der Waals surface area contributed by atoms with Crippen molar-refractivity contribution < 1.29 is 0 Å². The first-order chi connectivity index (χ1) is 8.15. The highest BCUT2D eigenvalue weighted by atomic mass is 15.1. The maximum Gasteiger partial charge on any atom is 0.00362 e. The molecule has 0 aromatic rings. The molecule has 1 aliphatic heterocycles. The molecule has 0 radical (unpaired) electrons. The highest BCUT2D eigenvalue weighted by molar-refractivity contribution is 4.83. The number of likely N-dealkylation sites (tertiary alicyclic amines) is 1. The van der Waals surface area contributed by atoms with Crippen molar-refractivity contribution in [1.82, 2.24) is 10.2 Å². The summed E-state index contributed by atoms with van der Waals surface area (Å²) < 4.78 is 0. The summed E-state index contributed by atoms with van der Waals surface area (Å²) in [7, 11) is 2.06. The van der Waals surface area contributed by atoms with Gasteiger partial charge in [0.15, 0.2) is 0 Å². The lowest BCUT2D eigenvalue weighted by molar-refractivity contribution is 0.0939. The van der Waals surface area contributed by atoms with Crippen molar-refractivity contribution in [2.75, 3.05) is 26.7 Å². The summed E-state index contributed by atoms with van der Waals surface area (Å²) in [4.78, 5) is 2.67. The van der Waals surface area contributed by atoms with Crippen LogP contribution in [-0.2, 0) is 0 Å². The molecule has 102 valence electrons. The summed E-state index contributed by atoms with van der Waals surface area (Å²) in [5.41, 5.74) is 0.675. The number of rotatable bonds is 7. The molecule has 1 unspecified atom stereocenters. The molecule has 2 nitrogen and oxygen atoms in total. The van der Waals surface area contributed by atoms with E-state index in [1.807, 2.05) is 0 Å². The first-order valence-electron chi connectivity index (χ1n) is 7.55. The molecule has 0 saturated carbocycles. The molecule has 1 aliphatic rings. The molecular weight excluding hydrogens is 208 g/mol. The lowest BCUT2D eigenvalue weighted by atomic mass is 9.74. The van der Waals surface area contributed by atoms with Gasteiger partial charge in [0, 0.05) is 6.04 Å². The predicted octanol–water partition coefficient (Wildman–Crippen LogP) is 3.28. The minimum atomic E-state index is 0.671. The van der Waals surface area contributed by atoms with E-state index in [1.54, 1.807) is 0 Å². The third-order valence-corrected chi connectivity index (χ3v) is 5.02. The van der Waals surface area contributed by atoms with Gasteiger partial charge in [0.2, 0.25) is 0 Å². The van der Waals surface area contributed by atoms with Crippen LogP contribution in [0.1, 0.15) is 59.3 Å². The molecule has 0 aliphatic carbocycles. The third-order valence-electron chi connectivity index (χ3n) is 5.02. The molecule has 0 amide bonds. The fourth-order valence-corrected chi connectivity index (χ4v) is 2.97. The average molecular weight is 240 g/mol. The number of piperidine rings is 1. The van der Waals surface area contributed by atoms with E-state index in [0.717, 1.165) is 0 Å². The van der Waals surface area contributed by atoms with E-state index in [0.29, 0.717) is 11.5 Å². The van der Waals surface area contributed by atoms with Crippen LogP contribution in [0.3, 0.4) is 0 Å². The molecule has 0 aromatic heterocycles. The Morgan fingerprint density at radius 2 is 1.76 bits per heavy atom. The Bertz CT molecular complexity index is 189. The largest absolute Gasteiger partial charge is 0.317 e. The molecule has 1 saturated heterocycles. The molecule has 1 atom stereocenters. The number of nitrogens with zero attached hydrogens (tertiary/aromatic N) is 1. The fraction of sp³-hybridized carbons (Fsp3) is 1.00. The SMILES string of the molecule is CCC1(CC)CCN(CCCC(C)NC)CC1. The van der Waals surface area contributed by atoms with E-state index in [-0.39, 0.29) is 0 Å². The van der Waals surface area contributed by atoms with Crippen molar-refractivity contribution in [2.45, 2.75) is 65.3 Å². The van der Waals surface area contributed by atoms with Gasteiger partial charge >= 0.3 is 0 Å². The Hall–Kier alpha value is -0.0800. The lowest BCUT2D eigenvalue weighted by Crippen LogP contribution is -2.40. The Morgan fingerprint density at radius 1 is 1.18 bits per heavy atom. The fourth-order valence-electron chi connectivity index (χ4n) is 2.97. The van der Waals surface area contributed by atoms with Crippen LogP contribution in [0.15, 0.2) is 0 Å². The zero-order valence-corrected chi connectivity index (χ0v) is 12.4. The van der Waals surface area contributed by atoms with Gasteiger partial charge in [-0.2, -0.15) is 0 Å². The van der Waals surface area contributed by atoms with Crippen LogP contribution in [0, 0.1) is 5.41 Å². The highest BCUT2D eigenvalue weighted by Crippen LogP contribution is 2.37. The molecule has 0 aromatic carbocycles. The van der Waals surface area contributed by atoms with Crippen LogP contribution in [0.2, 0.25) is 0 Å². The maximum atomic E-state index is 3.32. The second-order valence-corrected chi connectivity index (χ2v) is 5.88. The molecule has 1 fully saturated rings. The van der Waals surface area contributed by atoms with Crippen molar-refractivity contribution in [1.29, 1.82) is 0 Å². The standard InChI is InChI=1S/C15H32N2/c1-5-15(6-2)9-12-17(13-10-15)11-7-8-14(3)16-4/h14,16H,5-13H2,1-4H3. The Labute approximate surface area is 108 Å². The van der Waals surface area contributed by atoms with Gasteiger partial charge in [-0.05, 0) is 64.7 Å². The van der Waals surface area contributed by atoms with Crippen LogP contribution >= 0.6 is 0 Å². The van der Waals surface area contributed by atoms with Crippen LogP contribution in [-0.4, -0.2) is 37.6 Å². The molecule has 0 bridgehead atoms. The Kier molecular flexibility index (Phi) is 6.50. The summed E-state index contributed by atoms with van der Waals surface area (Å²) in [5.74, 6) is 0. The third kappa shape index (κ3) is 4.59. The first-order valence-corrected chi connectivity index (χ1v) is 7.55. The zero-order chi connectivity index (χ0) is 12.7. The molecule has 2 heteroatoms. The topological polar surface area (TPSA) is 15.3 Å². The summed E-state index contributed by atoms with van der Waals surface area (Å²) in [6.45, 7) is 11.0. The van der Waals surface area contributed by atoms with Gasteiger partial charge in [-0.1, -0.05) is 26.7 Å².